The molecule has 2 heterocycles. The summed E-state index contributed by atoms with van der Waals surface area (Å²) in [5.74, 6) is 0.482. The number of nitrogens with zero attached hydrogens (tertiary/aromatic N) is 1. The molecule has 0 saturated carbocycles. The molecule has 4 nitrogen and oxygen atoms in total. The van der Waals surface area contributed by atoms with Crippen LogP contribution in [0.15, 0.2) is 28.9 Å². The molecule has 1 N–H and O–H groups in total. The lowest BCUT2D eigenvalue weighted by Crippen LogP contribution is -2.07. The van der Waals surface area contributed by atoms with Crippen molar-refractivity contribution in [1.82, 2.24) is 4.98 Å². The Labute approximate surface area is 127 Å². The molecule has 1 aliphatic rings. The molecule has 0 spiro atoms. The first-order valence-corrected chi connectivity index (χ1v) is 7.14. The molecule has 0 aromatic carbocycles. The van der Waals surface area contributed by atoms with Crippen LogP contribution in [-0.4, -0.2) is 10.9 Å². The van der Waals surface area contributed by atoms with Gasteiger partial charge in [0.25, 0.3) is 0 Å². The van der Waals surface area contributed by atoms with Crippen molar-refractivity contribution in [3.63, 3.8) is 0 Å². The van der Waals surface area contributed by atoms with Gasteiger partial charge in [0.05, 0.1) is 12.0 Å². The maximum Gasteiger partial charge on any atom is 0.250 e. The monoisotopic (exact) mass is 310 g/mol. The fourth-order valence-electron chi connectivity index (χ4n) is 2.10. The Kier molecular flexibility index (Phi) is 4.98. The van der Waals surface area contributed by atoms with Crippen molar-refractivity contribution >= 4 is 40.9 Å². The summed E-state index contributed by atoms with van der Waals surface area (Å²) in [6, 6.07) is 3.58. The first kappa shape index (κ1) is 14.8. The molecule has 2 aromatic rings. The van der Waals surface area contributed by atoms with Crippen LogP contribution < -0.4 is 5.32 Å². The summed E-state index contributed by atoms with van der Waals surface area (Å²) >= 11 is 1.59. The summed E-state index contributed by atoms with van der Waals surface area (Å²) in [6.45, 7) is 0. The maximum atomic E-state index is 11.7. The van der Waals surface area contributed by atoms with Crippen LogP contribution in [0.4, 0.5) is 5.13 Å². The van der Waals surface area contributed by atoms with E-state index in [4.69, 9.17) is 4.42 Å². The van der Waals surface area contributed by atoms with E-state index in [-0.39, 0.29) is 18.3 Å². The number of amides is 1. The van der Waals surface area contributed by atoms with Crippen LogP contribution in [0.3, 0.4) is 0 Å². The highest BCUT2D eigenvalue weighted by Crippen LogP contribution is 2.29. The Morgan fingerprint density at radius 2 is 2.25 bits per heavy atom. The number of halogens is 1. The summed E-state index contributed by atoms with van der Waals surface area (Å²) in [4.78, 5) is 17.5. The summed E-state index contributed by atoms with van der Waals surface area (Å²) in [6.07, 6.45) is 9.22. The van der Waals surface area contributed by atoms with Gasteiger partial charge in [0.1, 0.15) is 5.76 Å². The zero-order chi connectivity index (χ0) is 13.1. The average Bonchev–Trinajstić information content (AvgIpc) is 3.04. The van der Waals surface area contributed by atoms with Crippen LogP contribution >= 0.6 is 23.7 Å². The van der Waals surface area contributed by atoms with Gasteiger partial charge in [-0.2, -0.15) is 0 Å². The first-order chi connectivity index (χ1) is 9.31. The van der Waals surface area contributed by atoms with Crippen LogP contribution in [0.25, 0.3) is 6.08 Å². The minimum Gasteiger partial charge on any atom is -0.465 e. The molecule has 0 bridgehead atoms. The van der Waals surface area contributed by atoms with Crippen molar-refractivity contribution < 1.29 is 9.21 Å². The number of hydrogen-bond donors (Lipinski definition) is 1. The molecule has 0 atom stereocenters. The predicted molar refractivity (Wildman–Crippen MR) is 82.4 cm³/mol. The van der Waals surface area contributed by atoms with E-state index in [0.29, 0.717) is 10.9 Å². The quantitative estimate of drug-likeness (QED) is 0.880. The van der Waals surface area contributed by atoms with Gasteiger partial charge in [-0.3, -0.25) is 10.1 Å². The molecule has 3 rings (SSSR count). The Bertz CT molecular complexity index is 581. The van der Waals surface area contributed by atoms with E-state index in [9.17, 15) is 4.79 Å². The van der Waals surface area contributed by atoms with E-state index in [2.05, 4.69) is 10.3 Å². The third-order valence-corrected chi connectivity index (χ3v) is 4.09. The lowest BCUT2D eigenvalue weighted by Gasteiger charge is -2.06. The molecule has 0 unspecified atom stereocenters. The fourth-order valence-corrected chi connectivity index (χ4v) is 3.15. The molecule has 0 aliphatic heterocycles. The summed E-state index contributed by atoms with van der Waals surface area (Å²) in [5, 5.41) is 3.50. The van der Waals surface area contributed by atoms with Crippen LogP contribution in [0, 0.1) is 0 Å². The SMILES string of the molecule is Cl.O=C(/C=C/c1ccco1)Nc1nc2c(s1)CCCC2. The normalized spacial score (nSPS) is 13.8. The van der Waals surface area contributed by atoms with Gasteiger partial charge in [-0.1, -0.05) is 0 Å². The van der Waals surface area contributed by atoms with Gasteiger partial charge >= 0.3 is 0 Å². The smallest absolute Gasteiger partial charge is 0.250 e. The number of rotatable bonds is 3. The number of anilines is 1. The van der Waals surface area contributed by atoms with Gasteiger partial charge in [-0.15, -0.1) is 23.7 Å². The molecule has 0 saturated heterocycles. The summed E-state index contributed by atoms with van der Waals surface area (Å²) in [7, 11) is 0. The third kappa shape index (κ3) is 3.49. The molecule has 20 heavy (non-hydrogen) atoms. The predicted octanol–water partition coefficient (Wildman–Crippen LogP) is 3.69. The number of aromatic nitrogens is 1. The van der Waals surface area contributed by atoms with Crippen LogP contribution in [0.2, 0.25) is 0 Å². The molecule has 0 radical (unpaired) electrons. The topological polar surface area (TPSA) is 55.1 Å². The van der Waals surface area contributed by atoms with Gasteiger partial charge < -0.3 is 4.42 Å². The van der Waals surface area contributed by atoms with Crippen LogP contribution in [0.5, 0.6) is 0 Å². The lowest BCUT2D eigenvalue weighted by molar-refractivity contribution is -0.111. The van der Waals surface area contributed by atoms with Gasteiger partial charge in [0.2, 0.25) is 5.91 Å². The number of fused-ring (bicyclic) bond motifs is 1. The summed E-state index contributed by atoms with van der Waals surface area (Å²) < 4.78 is 5.12. The van der Waals surface area contributed by atoms with E-state index in [0.717, 1.165) is 18.5 Å². The second-order valence-corrected chi connectivity index (χ2v) is 5.52. The van der Waals surface area contributed by atoms with Crippen LogP contribution in [0.1, 0.15) is 29.2 Å². The van der Waals surface area contributed by atoms with Gasteiger partial charge in [-0.05, 0) is 43.9 Å². The largest absolute Gasteiger partial charge is 0.465 e. The van der Waals surface area contributed by atoms with Crippen molar-refractivity contribution in [2.75, 3.05) is 5.32 Å². The number of aryl methyl sites for hydroxylation is 2. The molecule has 6 heteroatoms. The van der Waals surface area contributed by atoms with Crippen molar-refractivity contribution in [1.29, 1.82) is 0 Å². The highest BCUT2D eigenvalue weighted by molar-refractivity contribution is 7.15. The Balaban J connectivity index is 0.00000147. The third-order valence-electron chi connectivity index (χ3n) is 3.02. The number of furan rings is 1. The highest BCUT2D eigenvalue weighted by atomic mass is 35.5. The van der Waals surface area contributed by atoms with E-state index in [1.165, 1.54) is 23.8 Å². The minimum atomic E-state index is -0.178. The van der Waals surface area contributed by atoms with Crippen molar-refractivity contribution in [3.05, 3.63) is 40.8 Å². The molecule has 106 valence electrons. The number of carbonyl (C=O) groups is 1. The van der Waals surface area contributed by atoms with E-state index < -0.39 is 0 Å². The summed E-state index contributed by atoms with van der Waals surface area (Å²) in [5.41, 5.74) is 1.15. The van der Waals surface area contributed by atoms with E-state index >= 15 is 0 Å². The number of hydrogen-bond acceptors (Lipinski definition) is 4. The second-order valence-electron chi connectivity index (χ2n) is 4.43. The van der Waals surface area contributed by atoms with Crippen molar-refractivity contribution in [2.24, 2.45) is 0 Å². The molecular weight excluding hydrogens is 296 g/mol. The molecule has 1 amide bonds. The van der Waals surface area contributed by atoms with Gasteiger partial charge in [0.15, 0.2) is 5.13 Å². The molecule has 2 aromatic heterocycles. The molecule has 0 fully saturated rings. The minimum absolute atomic E-state index is 0. The molecule has 1 aliphatic carbocycles. The maximum absolute atomic E-state index is 11.7. The van der Waals surface area contributed by atoms with Crippen molar-refractivity contribution in [3.8, 4) is 0 Å². The number of thiazole rings is 1. The zero-order valence-corrected chi connectivity index (χ0v) is 12.4. The zero-order valence-electron chi connectivity index (χ0n) is 10.8. The number of carbonyl (C=O) groups excluding carboxylic acids is 1. The Hall–Kier alpha value is -1.59. The Morgan fingerprint density at radius 3 is 3.00 bits per heavy atom. The van der Waals surface area contributed by atoms with Gasteiger partial charge in [-0.25, -0.2) is 4.98 Å². The standard InChI is InChI=1S/C14H14N2O2S.ClH/c17-13(8-7-10-4-3-9-18-10)16-14-15-11-5-1-2-6-12(11)19-14;/h3-4,7-9H,1-2,5-6H2,(H,15,16,17);1H/b8-7+;. The highest BCUT2D eigenvalue weighted by Gasteiger charge is 2.15. The second kappa shape index (κ2) is 6.72. The van der Waals surface area contributed by atoms with Crippen LogP contribution in [-0.2, 0) is 17.6 Å². The fraction of sp³-hybridized carbons (Fsp3) is 0.286. The first-order valence-electron chi connectivity index (χ1n) is 6.32. The lowest BCUT2D eigenvalue weighted by atomic mass is 10.0. The van der Waals surface area contributed by atoms with E-state index in [1.807, 2.05) is 0 Å². The Morgan fingerprint density at radius 1 is 1.40 bits per heavy atom. The average molecular weight is 311 g/mol. The molecular formula is C14H15ClN2O2S. The van der Waals surface area contributed by atoms with Crippen molar-refractivity contribution in [2.45, 2.75) is 25.7 Å². The number of nitrogens with one attached hydrogen (secondary N) is 1. The van der Waals surface area contributed by atoms with E-state index in [1.54, 1.807) is 35.8 Å². The van der Waals surface area contributed by atoms with Gasteiger partial charge in [0, 0.05) is 11.0 Å².